The molecule has 2 aromatic carbocycles. The fourth-order valence-corrected chi connectivity index (χ4v) is 1.95. The number of hydrogen-bond donors (Lipinski definition) is 2. The first-order valence-corrected chi connectivity index (χ1v) is 6.93. The van der Waals surface area contributed by atoms with Crippen molar-refractivity contribution in [2.24, 2.45) is 5.10 Å². The van der Waals surface area contributed by atoms with Gasteiger partial charge in [0.2, 0.25) is 0 Å². The van der Waals surface area contributed by atoms with E-state index in [1.54, 1.807) is 6.21 Å². The van der Waals surface area contributed by atoms with E-state index < -0.39 is 0 Å². The third-order valence-electron chi connectivity index (χ3n) is 2.73. The van der Waals surface area contributed by atoms with E-state index in [2.05, 4.69) is 40.1 Å². The van der Waals surface area contributed by atoms with Crippen molar-refractivity contribution in [2.45, 2.75) is 6.92 Å². The highest BCUT2D eigenvalue weighted by Crippen LogP contribution is 2.18. The second-order valence-corrected chi connectivity index (χ2v) is 4.63. The molecule has 0 radical (unpaired) electrons. The highest BCUT2D eigenvalue weighted by Gasteiger charge is 1.96. The van der Waals surface area contributed by atoms with Gasteiger partial charge in [-0.3, -0.25) is 5.43 Å². The molecular weight excluding hydrogens is 266 g/mol. The van der Waals surface area contributed by atoms with Crippen molar-refractivity contribution >= 4 is 23.5 Å². The molecule has 0 amide bonds. The maximum atomic E-state index is 5.02. The summed E-state index contributed by atoms with van der Waals surface area (Å²) in [6.45, 7) is 2.77. The van der Waals surface area contributed by atoms with E-state index in [9.17, 15) is 0 Å². The fraction of sp³-hybridized carbons (Fsp3) is 0.125. The first-order valence-electron chi connectivity index (χ1n) is 6.52. The average molecular weight is 283 g/mol. The molecule has 2 rings (SSSR count). The molecule has 0 heterocycles. The van der Waals surface area contributed by atoms with Crippen LogP contribution in [0.3, 0.4) is 0 Å². The van der Waals surface area contributed by atoms with Crippen LogP contribution in [-0.2, 0) is 0 Å². The fourth-order valence-electron chi connectivity index (χ4n) is 1.76. The lowest BCUT2D eigenvalue weighted by Crippen LogP contribution is -2.31. The normalized spacial score (nSPS) is 10.4. The molecule has 2 N–H and O–H groups in total. The minimum absolute atomic E-state index is 0.532. The van der Waals surface area contributed by atoms with Gasteiger partial charge in [0.05, 0.1) is 6.21 Å². The predicted octanol–water partition coefficient (Wildman–Crippen LogP) is 3.17. The molecular formula is C16H17N3S. The number of nitrogens with zero attached hydrogens (tertiary/aromatic N) is 1. The number of rotatable bonds is 4. The molecule has 4 heteroatoms. The molecule has 0 unspecified atom stereocenters. The van der Waals surface area contributed by atoms with Crippen LogP contribution in [0.25, 0.3) is 11.1 Å². The smallest absolute Gasteiger partial charge is 0.186 e. The van der Waals surface area contributed by atoms with E-state index in [0.29, 0.717) is 5.11 Å². The van der Waals surface area contributed by atoms with E-state index in [0.717, 1.165) is 12.1 Å². The van der Waals surface area contributed by atoms with Gasteiger partial charge in [0.1, 0.15) is 0 Å². The Kier molecular flexibility index (Phi) is 5.26. The van der Waals surface area contributed by atoms with Crippen LogP contribution in [0.15, 0.2) is 59.7 Å². The van der Waals surface area contributed by atoms with Crippen LogP contribution in [-0.4, -0.2) is 17.9 Å². The number of hydrogen-bond acceptors (Lipinski definition) is 2. The molecule has 102 valence electrons. The Labute approximate surface area is 124 Å². The van der Waals surface area contributed by atoms with Crippen molar-refractivity contribution in [3.05, 3.63) is 60.2 Å². The summed E-state index contributed by atoms with van der Waals surface area (Å²) in [6, 6.07) is 18.5. The maximum Gasteiger partial charge on any atom is 0.186 e. The molecule has 0 aliphatic rings. The summed E-state index contributed by atoms with van der Waals surface area (Å²) in [4.78, 5) is 0. The third kappa shape index (κ3) is 4.17. The van der Waals surface area contributed by atoms with Crippen molar-refractivity contribution in [1.29, 1.82) is 0 Å². The van der Waals surface area contributed by atoms with Crippen LogP contribution < -0.4 is 10.7 Å². The monoisotopic (exact) mass is 283 g/mol. The SMILES string of the molecule is CCNC(=S)N/N=C\c1ccc(-c2ccccc2)cc1. The van der Waals surface area contributed by atoms with Crippen LogP contribution in [0.4, 0.5) is 0 Å². The Morgan fingerprint density at radius 2 is 1.70 bits per heavy atom. The van der Waals surface area contributed by atoms with Gasteiger partial charge >= 0.3 is 0 Å². The number of nitrogens with one attached hydrogen (secondary N) is 2. The highest BCUT2D eigenvalue weighted by atomic mass is 32.1. The third-order valence-corrected chi connectivity index (χ3v) is 2.97. The van der Waals surface area contributed by atoms with Gasteiger partial charge in [-0.2, -0.15) is 5.10 Å². The number of thiocarbonyl (C=S) groups is 1. The first kappa shape index (κ1) is 14.2. The molecule has 3 nitrogen and oxygen atoms in total. The lowest BCUT2D eigenvalue weighted by atomic mass is 10.0. The predicted molar refractivity (Wildman–Crippen MR) is 88.9 cm³/mol. The minimum atomic E-state index is 0.532. The highest BCUT2D eigenvalue weighted by molar-refractivity contribution is 7.80. The molecule has 0 bridgehead atoms. The molecule has 0 atom stereocenters. The van der Waals surface area contributed by atoms with Crippen LogP contribution in [0.2, 0.25) is 0 Å². The lowest BCUT2D eigenvalue weighted by molar-refractivity contribution is 0.904. The molecule has 0 aromatic heterocycles. The lowest BCUT2D eigenvalue weighted by Gasteiger charge is -2.03. The van der Waals surface area contributed by atoms with Gasteiger partial charge in [-0.05, 0) is 35.8 Å². The Bertz CT molecular complexity index is 576. The zero-order chi connectivity index (χ0) is 14.2. The van der Waals surface area contributed by atoms with Crippen LogP contribution in [0, 0.1) is 0 Å². The second-order valence-electron chi connectivity index (χ2n) is 4.22. The molecule has 20 heavy (non-hydrogen) atoms. The van der Waals surface area contributed by atoms with E-state index in [-0.39, 0.29) is 0 Å². The Hall–Kier alpha value is -2.20. The Balaban J connectivity index is 1.98. The van der Waals surface area contributed by atoms with E-state index in [1.165, 1.54) is 11.1 Å². The van der Waals surface area contributed by atoms with Crippen LogP contribution >= 0.6 is 12.2 Å². The zero-order valence-electron chi connectivity index (χ0n) is 11.3. The van der Waals surface area contributed by atoms with Crippen LogP contribution in [0.1, 0.15) is 12.5 Å². The van der Waals surface area contributed by atoms with Crippen molar-refractivity contribution in [3.8, 4) is 11.1 Å². The van der Waals surface area contributed by atoms with Gasteiger partial charge in [-0.1, -0.05) is 54.6 Å². The summed E-state index contributed by atoms with van der Waals surface area (Å²) in [5.41, 5.74) is 6.20. The molecule has 0 fully saturated rings. The molecule has 2 aromatic rings. The summed E-state index contributed by atoms with van der Waals surface area (Å²) in [5, 5.41) is 7.58. The number of hydrazone groups is 1. The Morgan fingerprint density at radius 1 is 1.05 bits per heavy atom. The van der Waals surface area contributed by atoms with Gasteiger partial charge in [0.25, 0.3) is 0 Å². The minimum Gasteiger partial charge on any atom is -0.362 e. The summed E-state index contributed by atoms with van der Waals surface area (Å²) in [6.07, 6.45) is 1.75. The standard InChI is InChI=1S/C16H17N3S/c1-2-17-16(20)19-18-12-13-8-10-15(11-9-13)14-6-4-3-5-7-14/h3-12H,2H2,1H3,(H2,17,19,20)/b18-12-. The van der Waals surface area contributed by atoms with Gasteiger partial charge < -0.3 is 5.32 Å². The summed E-state index contributed by atoms with van der Waals surface area (Å²) >= 11 is 5.02. The van der Waals surface area contributed by atoms with Gasteiger partial charge in [-0.15, -0.1) is 0 Å². The summed E-state index contributed by atoms with van der Waals surface area (Å²) < 4.78 is 0. The van der Waals surface area contributed by atoms with Crippen molar-refractivity contribution in [3.63, 3.8) is 0 Å². The molecule has 0 aliphatic carbocycles. The topological polar surface area (TPSA) is 36.4 Å². The van der Waals surface area contributed by atoms with Crippen molar-refractivity contribution < 1.29 is 0 Å². The molecule has 0 spiro atoms. The van der Waals surface area contributed by atoms with Crippen LogP contribution in [0.5, 0.6) is 0 Å². The van der Waals surface area contributed by atoms with E-state index in [4.69, 9.17) is 12.2 Å². The molecule has 0 saturated heterocycles. The van der Waals surface area contributed by atoms with Gasteiger partial charge in [0.15, 0.2) is 5.11 Å². The largest absolute Gasteiger partial charge is 0.362 e. The average Bonchev–Trinajstić information content (AvgIpc) is 2.49. The van der Waals surface area contributed by atoms with Crippen molar-refractivity contribution in [2.75, 3.05) is 6.54 Å². The number of benzene rings is 2. The Morgan fingerprint density at radius 3 is 2.35 bits per heavy atom. The van der Waals surface area contributed by atoms with Gasteiger partial charge in [0, 0.05) is 6.54 Å². The summed E-state index contributed by atoms with van der Waals surface area (Å²) in [7, 11) is 0. The van der Waals surface area contributed by atoms with E-state index in [1.807, 2.05) is 37.3 Å². The zero-order valence-corrected chi connectivity index (χ0v) is 12.2. The van der Waals surface area contributed by atoms with Gasteiger partial charge in [-0.25, -0.2) is 0 Å². The molecule has 0 saturated carbocycles. The quantitative estimate of drug-likeness (QED) is 0.514. The summed E-state index contributed by atoms with van der Waals surface area (Å²) in [5.74, 6) is 0. The maximum absolute atomic E-state index is 5.02. The first-order chi connectivity index (χ1) is 9.79. The second kappa shape index (κ2) is 7.40. The van der Waals surface area contributed by atoms with Crippen molar-refractivity contribution in [1.82, 2.24) is 10.7 Å². The van der Waals surface area contributed by atoms with E-state index >= 15 is 0 Å². The molecule has 0 aliphatic heterocycles.